The van der Waals surface area contributed by atoms with Crippen LogP contribution in [0.25, 0.3) is 22.3 Å². The summed E-state index contributed by atoms with van der Waals surface area (Å²) in [4.78, 5) is 0. The predicted octanol–water partition coefficient (Wildman–Crippen LogP) is 8.83. The lowest BCUT2D eigenvalue weighted by Gasteiger charge is -2.16. The van der Waals surface area contributed by atoms with Crippen LogP contribution in [0.5, 0.6) is 0 Å². The molecule has 0 N–H and O–H groups in total. The number of hydrogen-bond acceptors (Lipinski definition) is 1. The number of aryl methyl sites for hydroxylation is 1. The molecule has 27 heavy (non-hydrogen) atoms. The molecule has 0 saturated heterocycles. The van der Waals surface area contributed by atoms with Crippen LogP contribution in [0, 0.1) is 39.7 Å². The zero-order valence-electron chi connectivity index (χ0n) is 13.7. The Morgan fingerprint density at radius 1 is 0.704 bits per heavy atom. The van der Waals surface area contributed by atoms with Crippen molar-refractivity contribution in [1.82, 2.24) is 0 Å². The molecule has 3 aromatic rings. The average Bonchev–Trinajstić information content (AvgIpc) is 2.60. The first-order valence-corrected chi connectivity index (χ1v) is 14.1. The minimum absolute atomic E-state index is 0.706. The summed E-state index contributed by atoms with van der Waals surface area (Å²) >= 11 is 14.5. The second-order valence-corrected chi connectivity index (χ2v) is 12.6. The van der Waals surface area contributed by atoms with Gasteiger partial charge >= 0.3 is 0 Å². The van der Waals surface area contributed by atoms with Gasteiger partial charge in [-0.15, -0.1) is 0 Å². The van der Waals surface area contributed by atoms with E-state index in [1.807, 2.05) is 12.1 Å². The third kappa shape index (κ3) is 4.90. The van der Waals surface area contributed by atoms with E-state index in [0.29, 0.717) is 5.56 Å². The summed E-state index contributed by atoms with van der Waals surface area (Å²) in [5, 5.41) is 9.21. The molecule has 0 heterocycles. The highest BCUT2D eigenvalue weighted by Gasteiger charge is 2.18. The first kappa shape index (κ1) is 23.2. The second-order valence-electron chi connectivity index (χ2n) is 5.80. The van der Waals surface area contributed by atoms with E-state index in [1.54, 1.807) is 0 Å². The van der Waals surface area contributed by atoms with Crippen LogP contribution in [0.15, 0.2) is 36.4 Å². The highest BCUT2D eigenvalue weighted by Crippen LogP contribution is 2.40. The lowest BCUT2D eigenvalue weighted by Crippen LogP contribution is -1.97. The number of hydrogen-bond donors (Lipinski definition) is 0. The van der Waals surface area contributed by atoms with Gasteiger partial charge in [-0.05, 0) is 183 Å². The Hall–Kier alpha value is 1.53. The number of halogens is 6. The van der Waals surface area contributed by atoms with Crippen LogP contribution in [0.4, 0.5) is 0 Å². The Morgan fingerprint density at radius 2 is 1.22 bits per heavy atom. The number of nitrogens with zero attached hydrogens (tertiary/aromatic N) is 1. The summed E-state index contributed by atoms with van der Waals surface area (Å²) in [6.45, 7) is 2.15. The Bertz CT molecular complexity index is 1070. The summed E-state index contributed by atoms with van der Waals surface area (Å²) < 4.78 is 7.31. The maximum absolute atomic E-state index is 9.21. The van der Waals surface area contributed by atoms with Crippen LogP contribution in [0.3, 0.4) is 0 Å². The Morgan fingerprint density at radius 3 is 1.74 bits per heavy atom. The maximum Gasteiger partial charge on any atom is 0.0992 e. The molecule has 0 aliphatic carbocycles. The van der Waals surface area contributed by atoms with Gasteiger partial charge in [0.25, 0.3) is 0 Å². The Balaban J connectivity index is 2.21. The molecule has 0 aliphatic rings. The zero-order chi connectivity index (χ0) is 19.9. The molecule has 0 fully saturated rings. The van der Waals surface area contributed by atoms with E-state index >= 15 is 0 Å². The molecule has 3 rings (SSSR count). The van der Waals surface area contributed by atoms with Crippen molar-refractivity contribution in [2.75, 3.05) is 0 Å². The molecule has 7 heteroatoms. The molecule has 0 aromatic heterocycles. The van der Waals surface area contributed by atoms with Gasteiger partial charge in [0, 0.05) is 32.5 Å². The van der Waals surface area contributed by atoms with Gasteiger partial charge in [0.1, 0.15) is 0 Å². The van der Waals surface area contributed by atoms with Gasteiger partial charge in [-0.1, -0.05) is 12.1 Å². The van der Waals surface area contributed by atoms with E-state index in [2.05, 4.69) is 173 Å². The standard InChI is InChI=1S/C20H9I6N/c1-9-2-3-12(20(26)19(9)25)18-15(23)6-11(7-16(18)24)17-13(21)4-10(8-27)5-14(17)22/h2-7H,1H3. The van der Waals surface area contributed by atoms with Gasteiger partial charge < -0.3 is 0 Å². The molecule has 3 aromatic carbocycles. The molecule has 0 radical (unpaired) electrons. The molecule has 0 unspecified atom stereocenters. The molecule has 0 atom stereocenters. The SMILES string of the molecule is Cc1ccc(-c2c(I)cc(-c3c(I)cc(C#N)cc3I)cc2I)c(I)c1I. The molecule has 0 aliphatic heterocycles. The van der Waals surface area contributed by atoms with Crippen molar-refractivity contribution in [3.05, 3.63) is 68.9 Å². The molecule has 1 nitrogen and oxygen atoms in total. The third-order valence-corrected chi connectivity index (χ3v) is 11.0. The second kappa shape index (κ2) is 9.77. The largest absolute Gasteiger partial charge is 0.192 e. The van der Waals surface area contributed by atoms with E-state index in [1.165, 1.54) is 42.1 Å². The molecular formula is C20H9I6N. The van der Waals surface area contributed by atoms with Crippen LogP contribution in [-0.4, -0.2) is 0 Å². The average molecular weight is 1020 g/mol. The molecule has 0 bridgehead atoms. The monoisotopic (exact) mass is 1020 g/mol. The number of nitriles is 1. The van der Waals surface area contributed by atoms with E-state index in [-0.39, 0.29) is 0 Å². The smallest absolute Gasteiger partial charge is 0.0992 e. The predicted molar refractivity (Wildman–Crippen MR) is 163 cm³/mol. The minimum Gasteiger partial charge on any atom is -0.192 e. The molecule has 136 valence electrons. The van der Waals surface area contributed by atoms with Crippen molar-refractivity contribution in [2.45, 2.75) is 6.92 Å². The van der Waals surface area contributed by atoms with Crippen molar-refractivity contribution in [3.63, 3.8) is 0 Å². The van der Waals surface area contributed by atoms with E-state index in [0.717, 1.165) is 7.14 Å². The summed E-state index contributed by atoms with van der Waals surface area (Å²) in [6, 6.07) is 15.1. The first-order chi connectivity index (χ1) is 12.7. The summed E-state index contributed by atoms with van der Waals surface area (Å²) in [7, 11) is 0. The van der Waals surface area contributed by atoms with Crippen molar-refractivity contribution < 1.29 is 0 Å². The summed E-state index contributed by atoms with van der Waals surface area (Å²) in [5.74, 6) is 0. The van der Waals surface area contributed by atoms with Gasteiger partial charge in [0.15, 0.2) is 0 Å². The Labute approximate surface area is 240 Å². The first-order valence-electron chi connectivity index (χ1n) is 7.58. The van der Waals surface area contributed by atoms with Gasteiger partial charge in [-0.25, -0.2) is 0 Å². The zero-order valence-corrected chi connectivity index (χ0v) is 26.6. The quantitative estimate of drug-likeness (QED) is 0.236. The van der Waals surface area contributed by atoms with Crippen LogP contribution >= 0.6 is 136 Å². The fourth-order valence-electron chi connectivity index (χ4n) is 2.73. The van der Waals surface area contributed by atoms with E-state index in [4.69, 9.17) is 0 Å². The fraction of sp³-hybridized carbons (Fsp3) is 0.0500. The number of benzene rings is 3. The van der Waals surface area contributed by atoms with Gasteiger partial charge in [-0.2, -0.15) is 5.26 Å². The summed E-state index contributed by atoms with van der Waals surface area (Å²) in [6.07, 6.45) is 0. The van der Waals surface area contributed by atoms with Gasteiger partial charge in [0.2, 0.25) is 0 Å². The van der Waals surface area contributed by atoms with Gasteiger partial charge in [0.05, 0.1) is 11.6 Å². The van der Waals surface area contributed by atoms with Crippen molar-refractivity contribution in [1.29, 1.82) is 5.26 Å². The topological polar surface area (TPSA) is 23.8 Å². The van der Waals surface area contributed by atoms with Crippen molar-refractivity contribution in [2.24, 2.45) is 0 Å². The van der Waals surface area contributed by atoms with Crippen LogP contribution in [0.2, 0.25) is 0 Å². The molecule has 0 amide bonds. The highest BCUT2D eigenvalue weighted by molar-refractivity contribution is 14.1. The van der Waals surface area contributed by atoms with Crippen LogP contribution in [0.1, 0.15) is 11.1 Å². The Kier molecular flexibility index (Phi) is 8.40. The van der Waals surface area contributed by atoms with Gasteiger partial charge in [-0.3, -0.25) is 0 Å². The normalized spacial score (nSPS) is 10.7. The van der Waals surface area contributed by atoms with Crippen LogP contribution in [-0.2, 0) is 0 Å². The van der Waals surface area contributed by atoms with E-state index < -0.39 is 0 Å². The molecule has 0 saturated carbocycles. The third-order valence-electron chi connectivity index (χ3n) is 4.05. The van der Waals surface area contributed by atoms with E-state index in [9.17, 15) is 5.26 Å². The van der Waals surface area contributed by atoms with Crippen LogP contribution < -0.4 is 0 Å². The van der Waals surface area contributed by atoms with Crippen molar-refractivity contribution >= 4 is 136 Å². The lowest BCUT2D eigenvalue weighted by atomic mass is 9.99. The summed E-state index contributed by atoms with van der Waals surface area (Å²) in [5.41, 5.74) is 6.99. The van der Waals surface area contributed by atoms with Crippen molar-refractivity contribution in [3.8, 4) is 28.3 Å². The highest BCUT2D eigenvalue weighted by atomic mass is 127. The minimum atomic E-state index is 0.706. The maximum atomic E-state index is 9.21. The molecular weight excluding hydrogens is 1020 g/mol. The fourth-order valence-corrected chi connectivity index (χ4v) is 8.81. The lowest BCUT2D eigenvalue weighted by molar-refractivity contribution is 1.39. The number of rotatable bonds is 2. The molecule has 0 spiro atoms.